The van der Waals surface area contributed by atoms with Crippen molar-refractivity contribution in [1.82, 2.24) is 10.2 Å². The van der Waals surface area contributed by atoms with Crippen LogP contribution in [0.1, 0.15) is 37.8 Å². The van der Waals surface area contributed by atoms with E-state index < -0.39 is 0 Å². The van der Waals surface area contributed by atoms with Crippen LogP contribution in [0.3, 0.4) is 0 Å². The first-order chi connectivity index (χ1) is 9.10. The average molecular weight is 325 g/mol. The van der Waals surface area contributed by atoms with Crippen molar-refractivity contribution >= 4 is 15.9 Å². The van der Waals surface area contributed by atoms with E-state index in [1.807, 2.05) is 7.05 Å². The van der Waals surface area contributed by atoms with Gasteiger partial charge in [-0.15, -0.1) is 0 Å². The van der Waals surface area contributed by atoms with Gasteiger partial charge in [0.25, 0.3) is 0 Å². The lowest BCUT2D eigenvalue weighted by atomic mass is 10.1. The molecule has 0 atom stereocenters. The van der Waals surface area contributed by atoms with Gasteiger partial charge >= 0.3 is 0 Å². The van der Waals surface area contributed by atoms with Gasteiger partial charge in [-0.3, -0.25) is 4.90 Å². The Morgan fingerprint density at radius 3 is 2.63 bits per heavy atom. The molecule has 1 fully saturated rings. The first-order valence-corrected chi connectivity index (χ1v) is 8.05. The van der Waals surface area contributed by atoms with Gasteiger partial charge < -0.3 is 5.32 Å². The Labute approximate surface area is 125 Å². The predicted molar refractivity (Wildman–Crippen MR) is 85.2 cm³/mol. The zero-order valence-corrected chi connectivity index (χ0v) is 13.8. The molecule has 0 amide bonds. The number of hydrogen-bond donors (Lipinski definition) is 1. The maximum absolute atomic E-state index is 3.72. The molecule has 1 aliphatic carbocycles. The van der Waals surface area contributed by atoms with E-state index in [-0.39, 0.29) is 0 Å². The lowest BCUT2D eigenvalue weighted by Crippen LogP contribution is -2.32. The fraction of sp³-hybridized carbons (Fsp3) is 0.625. The molecular formula is C16H25BrN2. The minimum Gasteiger partial charge on any atom is -0.316 e. The third-order valence-electron chi connectivity index (χ3n) is 3.79. The van der Waals surface area contributed by atoms with Gasteiger partial charge in [0.15, 0.2) is 0 Å². The van der Waals surface area contributed by atoms with Crippen molar-refractivity contribution in [3.8, 4) is 0 Å². The van der Waals surface area contributed by atoms with Crippen LogP contribution in [0.2, 0.25) is 0 Å². The highest BCUT2D eigenvalue weighted by Gasteiger charge is 2.25. The van der Waals surface area contributed by atoms with Crippen molar-refractivity contribution < 1.29 is 0 Å². The number of benzene rings is 1. The van der Waals surface area contributed by atoms with Gasteiger partial charge in [-0.05, 0) is 56.8 Å². The first kappa shape index (κ1) is 15.0. The monoisotopic (exact) mass is 324 g/mol. The molecule has 1 aromatic rings. The summed E-state index contributed by atoms with van der Waals surface area (Å²) in [5.41, 5.74) is 2.73. The van der Waals surface area contributed by atoms with Crippen LogP contribution >= 0.6 is 15.9 Å². The van der Waals surface area contributed by atoms with Crippen LogP contribution in [-0.2, 0) is 13.1 Å². The van der Waals surface area contributed by atoms with Gasteiger partial charge in [-0.1, -0.05) is 28.1 Å². The molecule has 1 aromatic carbocycles. The normalized spacial score (nSPS) is 15.5. The lowest BCUT2D eigenvalue weighted by molar-refractivity contribution is 0.203. The van der Waals surface area contributed by atoms with Gasteiger partial charge in [-0.25, -0.2) is 0 Å². The molecule has 1 N–H and O–H groups in total. The van der Waals surface area contributed by atoms with Crippen LogP contribution in [-0.4, -0.2) is 24.5 Å². The Bertz CT molecular complexity index is 413. The van der Waals surface area contributed by atoms with Gasteiger partial charge in [0.1, 0.15) is 0 Å². The highest BCUT2D eigenvalue weighted by Crippen LogP contribution is 2.31. The van der Waals surface area contributed by atoms with Crippen molar-refractivity contribution in [3.63, 3.8) is 0 Å². The van der Waals surface area contributed by atoms with Crippen LogP contribution < -0.4 is 5.32 Å². The molecule has 0 saturated heterocycles. The van der Waals surface area contributed by atoms with Gasteiger partial charge in [0.05, 0.1) is 0 Å². The van der Waals surface area contributed by atoms with Crippen molar-refractivity contribution in [2.24, 2.45) is 5.92 Å². The van der Waals surface area contributed by atoms with E-state index in [1.165, 1.54) is 35.0 Å². The summed E-state index contributed by atoms with van der Waals surface area (Å²) in [6.07, 6.45) is 2.84. The Balaban J connectivity index is 2.03. The van der Waals surface area contributed by atoms with Crippen LogP contribution in [0.5, 0.6) is 0 Å². The van der Waals surface area contributed by atoms with Crippen molar-refractivity contribution in [2.75, 3.05) is 13.6 Å². The maximum atomic E-state index is 3.72. The molecule has 0 spiro atoms. The van der Waals surface area contributed by atoms with Gasteiger partial charge in [0.2, 0.25) is 0 Å². The van der Waals surface area contributed by atoms with Crippen LogP contribution in [0.4, 0.5) is 0 Å². The standard InChI is InChI=1S/C16H25BrN2/c1-12(2)19(10-13-4-5-13)11-15-7-6-14(9-18-3)8-16(15)17/h6-8,12-13,18H,4-5,9-11H2,1-3H3. The summed E-state index contributed by atoms with van der Waals surface area (Å²) in [7, 11) is 1.98. The summed E-state index contributed by atoms with van der Waals surface area (Å²) in [4.78, 5) is 2.59. The predicted octanol–water partition coefficient (Wildman–Crippen LogP) is 3.79. The molecule has 2 nitrogen and oxygen atoms in total. The molecule has 0 unspecified atom stereocenters. The Morgan fingerprint density at radius 1 is 1.37 bits per heavy atom. The first-order valence-electron chi connectivity index (χ1n) is 7.26. The topological polar surface area (TPSA) is 15.3 Å². The van der Waals surface area contributed by atoms with E-state index in [2.05, 4.69) is 58.2 Å². The number of hydrogen-bond acceptors (Lipinski definition) is 2. The summed E-state index contributed by atoms with van der Waals surface area (Å²) in [5.74, 6) is 0.949. The van der Waals surface area contributed by atoms with Crippen molar-refractivity contribution in [1.29, 1.82) is 0 Å². The third-order valence-corrected chi connectivity index (χ3v) is 4.53. The van der Waals surface area contributed by atoms with E-state index >= 15 is 0 Å². The van der Waals surface area contributed by atoms with Crippen LogP contribution in [0, 0.1) is 5.92 Å². The minimum atomic E-state index is 0.615. The largest absolute Gasteiger partial charge is 0.316 e. The second-order valence-corrected chi connectivity index (χ2v) is 6.78. The molecule has 19 heavy (non-hydrogen) atoms. The summed E-state index contributed by atoms with van der Waals surface area (Å²) in [5, 5.41) is 3.19. The summed E-state index contributed by atoms with van der Waals surface area (Å²) in [6.45, 7) is 7.82. The van der Waals surface area contributed by atoms with E-state index in [4.69, 9.17) is 0 Å². The zero-order valence-electron chi connectivity index (χ0n) is 12.2. The second-order valence-electron chi connectivity index (χ2n) is 5.92. The Morgan fingerprint density at radius 2 is 2.11 bits per heavy atom. The SMILES string of the molecule is CNCc1ccc(CN(CC2CC2)C(C)C)c(Br)c1. The number of rotatable bonds is 7. The molecule has 1 saturated carbocycles. The molecule has 0 aliphatic heterocycles. The van der Waals surface area contributed by atoms with Crippen LogP contribution in [0.25, 0.3) is 0 Å². The third kappa shape index (κ3) is 4.59. The Hall–Kier alpha value is -0.380. The van der Waals surface area contributed by atoms with Crippen molar-refractivity contribution in [2.45, 2.75) is 45.8 Å². The highest BCUT2D eigenvalue weighted by molar-refractivity contribution is 9.10. The highest BCUT2D eigenvalue weighted by atomic mass is 79.9. The molecule has 0 heterocycles. The fourth-order valence-corrected chi connectivity index (χ4v) is 2.89. The number of nitrogens with one attached hydrogen (secondary N) is 1. The summed E-state index contributed by atoms with van der Waals surface area (Å²) in [6, 6.07) is 7.34. The maximum Gasteiger partial charge on any atom is 0.0247 e. The van der Waals surface area contributed by atoms with Crippen LogP contribution in [0.15, 0.2) is 22.7 Å². The smallest absolute Gasteiger partial charge is 0.0247 e. The van der Waals surface area contributed by atoms with Gasteiger partial charge in [0, 0.05) is 30.1 Å². The molecule has 0 aromatic heterocycles. The van der Waals surface area contributed by atoms with E-state index in [0.717, 1.165) is 19.0 Å². The molecule has 3 heteroatoms. The number of halogens is 1. The van der Waals surface area contributed by atoms with E-state index in [9.17, 15) is 0 Å². The van der Waals surface area contributed by atoms with E-state index in [0.29, 0.717) is 6.04 Å². The molecule has 2 rings (SSSR count). The summed E-state index contributed by atoms with van der Waals surface area (Å²) < 4.78 is 1.24. The Kier molecular flexibility index (Phi) is 5.43. The minimum absolute atomic E-state index is 0.615. The quantitative estimate of drug-likeness (QED) is 0.820. The molecule has 106 valence electrons. The lowest BCUT2D eigenvalue weighted by Gasteiger charge is -2.27. The average Bonchev–Trinajstić information content (AvgIpc) is 3.15. The molecular weight excluding hydrogens is 300 g/mol. The van der Waals surface area contributed by atoms with Crippen molar-refractivity contribution in [3.05, 3.63) is 33.8 Å². The fourth-order valence-electron chi connectivity index (χ4n) is 2.34. The molecule has 1 aliphatic rings. The second kappa shape index (κ2) is 6.87. The number of nitrogens with zero attached hydrogens (tertiary/aromatic N) is 1. The van der Waals surface area contributed by atoms with Gasteiger partial charge in [-0.2, -0.15) is 0 Å². The molecule has 0 radical (unpaired) electrons. The summed E-state index contributed by atoms with van der Waals surface area (Å²) >= 11 is 3.72. The zero-order chi connectivity index (χ0) is 13.8. The molecule has 0 bridgehead atoms. The van der Waals surface area contributed by atoms with E-state index in [1.54, 1.807) is 0 Å².